The zero-order valence-electron chi connectivity index (χ0n) is 27.6. The van der Waals surface area contributed by atoms with Crippen molar-refractivity contribution in [2.75, 3.05) is 19.7 Å². The van der Waals surface area contributed by atoms with Crippen LogP contribution in [-0.4, -0.2) is 83.9 Å². The van der Waals surface area contributed by atoms with Gasteiger partial charge in [-0.05, 0) is 63.2 Å². The van der Waals surface area contributed by atoms with Crippen molar-refractivity contribution in [3.05, 3.63) is 24.8 Å². The summed E-state index contributed by atoms with van der Waals surface area (Å²) in [7, 11) is 0. The monoisotopic (exact) mass is 618 g/mol. The van der Waals surface area contributed by atoms with E-state index in [4.69, 9.17) is 9.47 Å². The summed E-state index contributed by atoms with van der Waals surface area (Å²) in [5, 5.41) is 7.86. The molecule has 0 radical (unpaired) electrons. The summed E-state index contributed by atoms with van der Waals surface area (Å²) in [4.78, 5) is 79.3. The number of hydrogen-bond donors (Lipinski definition) is 3. The van der Waals surface area contributed by atoms with Crippen LogP contribution in [0.1, 0.15) is 75.2 Å². The molecule has 2 rings (SSSR count). The number of rotatable bonds is 13. The van der Waals surface area contributed by atoms with E-state index in [0.717, 1.165) is 6.08 Å². The Labute approximate surface area is 260 Å². The highest BCUT2D eigenvalue weighted by molar-refractivity contribution is 6.38. The van der Waals surface area contributed by atoms with Crippen LogP contribution in [0.5, 0.6) is 0 Å². The lowest BCUT2D eigenvalue weighted by Gasteiger charge is -2.38. The second-order valence-corrected chi connectivity index (χ2v) is 14.0. The van der Waals surface area contributed by atoms with Crippen molar-refractivity contribution < 1.29 is 38.2 Å². The van der Waals surface area contributed by atoms with Crippen molar-refractivity contribution in [3.8, 4) is 0 Å². The minimum Gasteiger partial charge on any atom is -0.463 e. The number of esters is 1. The average molecular weight is 619 g/mol. The Morgan fingerprint density at radius 2 is 1.68 bits per heavy atom. The fraction of sp³-hybridized carbons (Fsp3) is 0.688. The van der Waals surface area contributed by atoms with Gasteiger partial charge in [-0.15, -0.1) is 6.58 Å². The number of Topliss-reactive ketones (excluding diaryl/α,β-unsaturated/α-hetero) is 1. The lowest BCUT2D eigenvalue weighted by atomic mass is 9.85. The molecule has 3 unspecified atom stereocenters. The van der Waals surface area contributed by atoms with Gasteiger partial charge in [-0.25, -0.2) is 9.59 Å². The maximum absolute atomic E-state index is 14.0. The van der Waals surface area contributed by atoms with Gasteiger partial charge in [0.25, 0.3) is 5.91 Å². The molecule has 2 fully saturated rings. The van der Waals surface area contributed by atoms with E-state index in [2.05, 4.69) is 22.5 Å². The van der Waals surface area contributed by atoms with Gasteiger partial charge in [-0.3, -0.25) is 19.2 Å². The van der Waals surface area contributed by atoms with Crippen LogP contribution in [0.15, 0.2) is 24.8 Å². The third-order valence-corrected chi connectivity index (χ3v) is 7.97. The molecule has 4 amide bonds. The largest absolute Gasteiger partial charge is 0.463 e. The second-order valence-electron chi connectivity index (χ2n) is 14.0. The molecule has 12 heteroatoms. The van der Waals surface area contributed by atoms with E-state index in [1.54, 1.807) is 33.8 Å². The normalized spacial score (nSPS) is 21.8. The Morgan fingerprint density at radius 3 is 2.23 bits per heavy atom. The summed E-state index contributed by atoms with van der Waals surface area (Å²) in [5.41, 5.74) is -1.69. The minimum atomic E-state index is -1.16. The number of ketones is 1. The molecule has 0 spiro atoms. The molecule has 246 valence electrons. The predicted octanol–water partition coefficient (Wildman–Crippen LogP) is 2.66. The number of nitrogens with zero attached hydrogens (tertiary/aromatic N) is 1. The molecular weight excluding hydrogens is 568 g/mol. The number of hydrogen-bond acceptors (Lipinski definition) is 8. The van der Waals surface area contributed by atoms with Crippen LogP contribution >= 0.6 is 0 Å². The highest BCUT2D eigenvalue weighted by atomic mass is 16.6. The summed E-state index contributed by atoms with van der Waals surface area (Å²) >= 11 is 0. The first-order valence-corrected chi connectivity index (χ1v) is 15.1. The fourth-order valence-corrected chi connectivity index (χ4v) is 5.61. The number of nitrogens with one attached hydrogen (secondary N) is 3. The van der Waals surface area contributed by atoms with Crippen LogP contribution in [-0.2, 0) is 33.4 Å². The van der Waals surface area contributed by atoms with Gasteiger partial charge >= 0.3 is 12.1 Å². The quantitative estimate of drug-likeness (QED) is 0.123. The van der Waals surface area contributed by atoms with Crippen molar-refractivity contribution in [3.63, 3.8) is 0 Å². The smallest absolute Gasteiger partial charge is 0.408 e. The van der Waals surface area contributed by atoms with E-state index in [1.165, 1.54) is 11.0 Å². The predicted molar refractivity (Wildman–Crippen MR) is 164 cm³/mol. The maximum atomic E-state index is 14.0. The Hall–Kier alpha value is -3.70. The lowest BCUT2D eigenvalue weighted by Crippen LogP contribution is -2.60. The zero-order chi connectivity index (χ0) is 33.6. The SMILES string of the molecule is C=CCCC(NC(=O)[C@@H]1C2C(CN1C(=O)[C@@H](NC(=O)OC(C)(C)C)C(C)(C)C)C2(C)C)C(=O)C(=O)NC/C=C/C(=O)OCC. The third kappa shape index (κ3) is 9.40. The van der Waals surface area contributed by atoms with Crippen LogP contribution in [0.25, 0.3) is 0 Å². The molecule has 1 saturated heterocycles. The molecule has 44 heavy (non-hydrogen) atoms. The summed E-state index contributed by atoms with van der Waals surface area (Å²) < 4.78 is 10.2. The molecule has 2 aliphatic rings. The third-order valence-electron chi connectivity index (χ3n) is 7.97. The topological polar surface area (TPSA) is 160 Å². The van der Waals surface area contributed by atoms with Crippen molar-refractivity contribution in [1.82, 2.24) is 20.9 Å². The van der Waals surface area contributed by atoms with Gasteiger partial charge in [-0.2, -0.15) is 0 Å². The van der Waals surface area contributed by atoms with Gasteiger partial charge in [0.2, 0.25) is 17.6 Å². The Balaban J connectivity index is 2.25. The molecule has 0 aromatic heterocycles. The van der Waals surface area contributed by atoms with Crippen molar-refractivity contribution in [2.45, 2.75) is 98.9 Å². The number of amides is 4. The van der Waals surface area contributed by atoms with E-state index < -0.39 is 64.7 Å². The number of carbonyl (C=O) groups excluding carboxylic acids is 6. The van der Waals surface area contributed by atoms with Crippen molar-refractivity contribution in [1.29, 1.82) is 0 Å². The van der Waals surface area contributed by atoms with Gasteiger partial charge < -0.3 is 30.3 Å². The van der Waals surface area contributed by atoms with Crippen molar-refractivity contribution in [2.24, 2.45) is 22.7 Å². The van der Waals surface area contributed by atoms with E-state index in [9.17, 15) is 28.8 Å². The molecule has 0 bridgehead atoms. The summed E-state index contributed by atoms with van der Waals surface area (Å²) in [6.45, 7) is 20.4. The summed E-state index contributed by atoms with van der Waals surface area (Å²) in [5.74, 6) is -3.43. The number of piperidine rings is 1. The fourth-order valence-electron chi connectivity index (χ4n) is 5.61. The molecule has 0 aromatic carbocycles. The Morgan fingerprint density at radius 1 is 1.05 bits per heavy atom. The van der Waals surface area contributed by atoms with Gasteiger partial charge in [0.15, 0.2) is 0 Å². The number of fused-ring (bicyclic) bond motifs is 1. The van der Waals surface area contributed by atoms with E-state index in [-0.39, 0.29) is 36.8 Å². The highest BCUT2D eigenvalue weighted by Crippen LogP contribution is 2.65. The summed E-state index contributed by atoms with van der Waals surface area (Å²) in [6.07, 6.45) is 3.82. The van der Waals surface area contributed by atoms with Gasteiger partial charge in [0.1, 0.15) is 17.7 Å². The Bertz CT molecular complexity index is 1160. The first-order valence-electron chi connectivity index (χ1n) is 15.1. The lowest BCUT2D eigenvalue weighted by molar-refractivity contribution is -0.145. The first-order chi connectivity index (χ1) is 20.3. The van der Waals surface area contributed by atoms with E-state index in [1.807, 2.05) is 34.6 Å². The molecule has 1 saturated carbocycles. The van der Waals surface area contributed by atoms with Crippen LogP contribution in [0.2, 0.25) is 0 Å². The molecule has 3 N–H and O–H groups in total. The van der Waals surface area contributed by atoms with Gasteiger partial charge in [0, 0.05) is 19.2 Å². The molecule has 5 atom stereocenters. The molecule has 0 aromatic rings. The highest BCUT2D eigenvalue weighted by Gasteiger charge is 2.70. The average Bonchev–Trinajstić information content (AvgIpc) is 3.21. The van der Waals surface area contributed by atoms with Crippen LogP contribution in [0, 0.1) is 22.7 Å². The molecular formula is C32H50N4O8. The van der Waals surface area contributed by atoms with Gasteiger partial charge in [0.05, 0.1) is 12.6 Å². The van der Waals surface area contributed by atoms with Crippen LogP contribution in [0.4, 0.5) is 4.79 Å². The zero-order valence-corrected chi connectivity index (χ0v) is 27.6. The molecule has 1 aliphatic carbocycles. The summed E-state index contributed by atoms with van der Waals surface area (Å²) in [6, 6.07) is -3.05. The maximum Gasteiger partial charge on any atom is 0.408 e. The van der Waals surface area contributed by atoms with Crippen molar-refractivity contribution >= 4 is 35.6 Å². The number of carbonyl (C=O) groups is 6. The number of allylic oxidation sites excluding steroid dienone is 1. The van der Waals surface area contributed by atoms with Crippen LogP contribution < -0.4 is 16.0 Å². The first kappa shape index (κ1) is 36.5. The van der Waals surface area contributed by atoms with E-state index in [0.29, 0.717) is 13.0 Å². The van der Waals surface area contributed by atoms with Crippen LogP contribution in [0.3, 0.4) is 0 Å². The number of likely N-dealkylation sites (tertiary alicyclic amines) is 1. The Kier molecular flexibility index (Phi) is 11.9. The molecule has 1 heterocycles. The minimum absolute atomic E-state index is 0.0566. The standard InChI is InChI=1S/C32H50N4O8/c1-11-13-15-20(24(38)27(40)33-17-14-16-21(37)43-12-2)34-26(39)23-22-19(32(22,9)10)18-36(23)28(41)25(30(3,4)5)35-29(42)44-31(6,7)8/h11,14,16,19-20,22-23,25H,1,12-13,15,17-18H2,2-10H3,(H,33,40)(H,34,39)(H,35,42)/b16-14+/t19?,20?,22?,23-,25+/m0/s1. The van der Waals surface area contributed by atoms with E-state index >= 15 is 0 Å². The number of ether oxygens (including phenoxy) is 2. The molecule has 1 aliphatic heterocycles. The number of alkyl carbamates (subject to hydrolysis) is 1. The molecule has 12 nitrogen and oxygen atoms in total. The second kappa shape index (κ2) is 14.4. The van der Waals surface area contributed by atoms with Gasteiger partial charge in [-0.1, -0.05) is 46.8 Å².